The number of carbonyl (C=O) groups excluding carboxylic acids is 1. The molecular weight excluding hydrogens is 318 g/mol. The molecule has 0 saturated carbocycles. The minimum atomic E-state index is -0.241. The van der Waals surface area contributed by atoms with Crippen LogP contribution in [0.15, 0.2) is 18.3 Å². The summed E-state index contributed by atoms with van der Waals surface area (Å²) < 4.78 is 7.38. The molecule has 1 atom stereocenters. The summed E-state index contributed by atoms with van der Waals surface area (Å²) in [4.78, 5) is 16.4. The van der Waals surface area contributed by atoms with Gasteiger partial charge in [-0.15, -0.1) is 10.2 Å². The zero-order valence-corrected chi connectivity index (χ0v) is 13.4. The highest BCUT2D eigenvalue weighted by atomic mass is 35.5. The van der Waals surface area contributed by atoms with Crippen LogP contribution in [0.1, 0.15) is 12.8 Å². The van der Waals surface area contributed by atoms with Gasteiger partial charge in [-0.3, -0.25) is 9.20 Å². The number of piperazine rings is 1. The number of ether oxygens (including phenoxy) is 1. The lowest BCUT2D eigenvalue weighted by Gasteiger charge is -2.35. The Kier molecular flexibility index (Phi) is 3.82. The van der Waals surface area contributed by atoms with E-state index in [1.807, 2.05) is 21.6 Å². The maximum atomic E-state index is 12.4. The highest BCUT2D eigenvalue weighted by Crippen LogP contribution is 2.20. The molecule has 7 nitrogen and oxygen atoms in total. The average molecular weight is 336 g/mol. The standard InChI is InChI=1S/C15H18ClN5O2/c16-11-3-4-13-17-18-15(21(13)10-11)20-7-5-19(6-8-20)14(22)12-2-1-9-23-12/h3-4,10,12H,1-2,5-9H2/t12-/m0/s1. The van der Waals surface area contributed by atoms with E-state index in [-0.39, 0.29) is 12.0 Å². The summed E-state index contributed by atoms with van der Waals surface area (Å²) >= 11 is 6.06. The predicted molar refractivity (Wildman–Crippen MR) is 85.8 cm³/mol. The highest BCUT2D eigenvalue weighted by molar-refractivity contribution is 6.30. The lowest BCUT2D eigenvalue weighted by Crippen LogP contribution is -2.51. The maximum absolute atomic E-state index is 12.4. The second kappa shape index (κ2) is 5.98. The third-order valence-corrected chi connectivity index (χ3v) is 4.65. The van der Waals surface area contributed by atoms with Gasteiger partial charge in [-0.2, -0.15) is 0 Å². The normalized spacial score (nSPS) is 22.0. The summed E-state index contributed by atoms with van der Waals surface area (Å²) in [5.74, 6) is 0.892. The summed E-state index contributed by atoms with van der Waals surface area (Å²) in [6, 6.07) is 3.64. The van der Waals surface area contributed by atoms with Gasteiger partial charge in [0.2, 0.25) is 5.95 Å². The van der Waals surface area contributed by atoms with Gasteiger partial charge in [-0.25, -0.2) is 0 Å². The van der Waals surface area contributed by atoms with Crippen molar-refractivity contribution in [2.24, 2.45) is 0 Å². The zero-order chi connectivity index (χ0) is 15.8. The Morgan fingerprint density at radius 1 is 1.22 bits per heavy atom. The quantitative estimate of drug-likeness (QED) is 0.825. The smallest absolute Gasteiger partial charge is 0.251 e. The Morgan fingerprint density at radius 3 is 2.78 bits per heavy atom. The van der Waals surface area contributed by atoms with Gasteiger partial charge in [-0.1, -0.05) is 11.6 Å². The first kappa shape index (κ1) is 14.7. The van der Waals surface area contributed by atoms with Crippen molar-refractivity contribution in [2.45, 2.75) is 18.9 Å². The van der Waals surface area contributed by atoms with E-state index in [0.29, 0.717) is 24.7 Å². The van der Waals surface area contributed by atoms with Gasteiger partial charge in [0.1, 0.15) is 6.10 Å². The number of anilines is 1. The van der Waals surface area contributed by atoms with Crippen LogP contribution in [0.2, 0.25) is 5.02 Å². The number of hydrogen-bond donors (Lipinski definition) is 0. The Bertz CT molecular complexity index is 720. The van der Waals surface area contributed by atoms with Crippen molar-refractivity contribution in [3.8, 4) is 0 Å². The lowest BCUT2D eigenvalue weighted by atomic mass is 10.2. The van der Waals surface area contributed by atoms with Gasteiger partial charge in [0.05, 0.1) is 5.02 Å². The summed E-state index contributed by atoms with van der Waals surface area (Å²) in [5, 5.41) is 9.07. The number of hydrogen-bond acceptors (Lipinski definition) is 5. The number of rotatable bonds is 2. The Labute approximate surface area is 138 Å². The Hall–Kier alpha value is -1.86. The first-order chi connectivity index (χ1) is 11.2. The van der Waals surface area contributed by atoms with Gasteiger partial charge in [0.15, 0.2) is 5.65 Å². The summed E-state index contributed by atoms with van der Waals surface area (Å²) in [7, 11) is 0. The van der Waals surface area contributed by atoms with Crippen molar-refractivity contribution in [1.82, 2.24) is 19.5 Å². The molecule has 2 aliphatic heterocycles. The largest absolute Gasteiger partial charge is 0.368 e. The van der Waals surface area contributed by atoms with Crippen molar-refractivity contribution in [3.63, 3.8) is 0 Å². The number of pyridine rings is 1. The van der Waals surface area contributed by atoms with Crippen LogP contribution in [-0.4, -0.2) is 64.3 Å². The van der Waals surface area contributed by atoms with E-state index >= 15 is 0 Å². The van der Waals surface area contributed by atoms with Crippen LogP contribution in [0.25, 0.3) is 5.65 Å². The molecule has 1 amide bonds. The third kappa shape index (κ3) is 2.74. The number of aromatic nitrogens is 3. The minimum absolute atomic E-state index is 0.122. The van der Waals surface area contributed by atoms with E-state index < -0.39 is 0 Å². The number of halogens is 1. The molecule has 2 fully saturated rings. The molecule has 2 aromatic heterocycles. The fourth-order valence-corrected chi connectivity index (χ4v) is 3.33. The summed E-state index contributed by atoms with van der Waals surface area (Å²) in [6.07, 6.45) is 3.39. The molecule has 4 heterocycles. The Balaban J connectivity index is 1.46. The molecule has 122 valence electrons. The van der Waals surface area contributed by atoms with E-state index in [4.69, 9.17) is 16.3 Å². The molecule has 0 bridgehead atoms. The van der Waals surface area contributed by atoms with Crippen LogP contribution in [0.5, 0.6) is 0 Å². The van der Waals surface area contributed by atoms with Crippen molar-refractivity contribution >= 4 is 29.1 Å². The van der Waals surface area contributed by atoms with Crippen molar-refractivity contribution < 1.29 is 9.53 Å². The minimum Gasteiger partial charge on any atom is -0.368 e. The molecule has 0 radical (unpaired) electrons. The fourth-order valence-electron chi connectivity index (χ4n) is 3.17. The van der Waals surface area contributed by atoms with Gasteiger partial charge >= 0.3 is 0 Å². The molecule has 2 aliphatic rings. The number of fused-ring (bicyclic) bond motifs is 1. The molecule has 4 rings (SSSR count). The van der Waals surface area contributed by atoms with Crippen LogP contribution in [0, 0.1) is 0 Å². The van der Waals surface area contributed by atoms with Gasteiger partial charge < -0.3 is 14.5 Å². The van der Waals surface area contributed by atoms with Crippen molar-refractivity contribution in [3.05, 3.63) is 23.4 Å². The van der Waals surface area contributed by atoms with Crippen LogP contribution in [0.4, 0.5) is 5.95 Å². The van der Waals surface area contributed by atoms with Crippen LogP contribution < -0.4 is 4.90 Å². The zero-order valence-electron chi connectivity index (χ0n) is 12.7. The molecule has 0 aliphatic carbocycles. The number of nitrogens with zero attached hydrogens (tertiary/aromatic N) is 5. The van der Waals surface area contributed by atoms with E-state index in [1.165, 1.54) is 0 Å². The molecule has 0 unspecified atom stereocenters. The van der Waals surface area contributed by atoms with E-state index in [9.17, 15) is 4.79 Å². The molecule has 23 heavy (non-hydrogen) atoms. The molecule has 2 saturated heterocycles. The first-order valence-corrected chi connectivity index (χ1v) is 8.26. The number of carbonyl (C=O) groups is 1. The third-order valence-electron chi connectivity index (χ3n) is 4.43. The van der Waals surface area contributed by atoms with Gasteiger partial charge in [0, 0.05) is 39.0 Å². The van der Waals surface area contributed by atoms with Gasteiger partial charge in [-0.05, 0) is 25.0 Å². The SMILES string of the molecule is O=C([C@@H]1CCCO1)N1CCN(c2nnc3ccc(Cl)cn23)CC1. The Morgan fingerprint density at radius 2 is 2.04 bits per heavy atom. The van der Waals surface area contributed by atoms with Crippen molar-refractivity contribution in [1.29, 1.82) is 0 Å². The first-order valence-electron chi connectivity index (χ1n) is 7.88. The molecule has 0 spiro atoms. The highest BCUT2D eigenvalue weighted by Gasteiger charge is 2.31. The average Bonchev–Trinajstić information content (AvgIpc) is 3.24. The molecular formula is C15H18ClN5O2. The lowest BCUT2D eigenvalue weighted by molar-refractivity contribution is -0.141. The fraction of sp³-hybridized carbons (Fsp3) is 0.533. The second-order valence-corrected chi connectivity index (χ2v) is 6.33. The molecule has 0 aromatic carbocycles. The molecule has 2 aromatic rings. The topological polar surface area (TPSA) is 63.0 Å². The monoisotopic (exact) mass is 335 g/mol. The van der Waals surface area contributed by atoms with Crippen LogP contribution >= 0.6 is 11.6 Å². The van der Waals surface area contributed by atoms with E-state index in [1.54, 1.807) is 6.07 Å². The van der Waals surface area contributed by atoms with E-state index in [0.717, 1.165) is 37.5 Å². The second-order valence-electron chi connectivity index (χ2n) is 5.89. The number of amides is 1. The van der Waals surface area contributed by atoms with Crippen LogP contribution in [-0.2, 0) is 9.53 Å². The summed E-state index contributed by atoms with van der Waals surface area (Å²) in [5.41, 5.74) is 0.766. The van der Waals surface area contributed by atoms with Gasteiger partial charge in [0.25, 0.3) is 5.91 Å². The molecule has 0 N–H and O–H groups in total. The summed E-state index contributed by atoms with van der Waals surface area (Å²) in [6.45, 7) is 3.50. The van der Waals surface area contributed by atoms with E-state index in [2.05, 4.69) is 15.1 Å². The maximum Gasteiger partial charge on any atom is 0.251 e. The molecule has 8 heteroatoms. The van der Waals surface area contributed by atoms with Crippen LogP contribution in [0.3, 0.4) is 0 Å². The van der Waals surface area contributed by atoms with Crippen molar-refractivity contribution in [2.75, 3.05) is 37.7 Å². The predicted octanol–water partition coefficient (Wildman–Crippen LogP) is 1.21.